The van der Waals surface area contributed by atoms with Crippen LogP contribution >= 0.6 is 0 Å². The summed E-state index contributed by atoms with van der Waals surface area (Å²) < 4.78 is 11.9. The lowest BCUT2D eigenvalue weighted by Gasteiger charge is -2.14. The van der Waals surface area contributed by atoms with Crippen molar-refractivity contribution in [1.29, 1.82) is 0 Å². The molecule has 5 nitrogen and oxygen atoms in total. The lowest BCUT2D eigenvalue weighted by molar-refractivity contribution is 0.0975. The van der Waals surface area contributed by atoms with Gasteiger partial charge in [0.05, 0.1) is 6.20 Å². The van der Waals surface area contributed by atoms with Crippen molar-refractivity contribution < 1.29 is 14.3 Å². The second kappa shape index (κ2) is 10.2. The van der Waals surface area contributed by atoms with Crippen molar-refractivity contribution in [3.8, 4) is 11.5 Å². The second-order valence-corrected chi connectivity index (χ2v) is 6.38. The standard InChI is InChI=1S/C23H24N2O3/c24-13-7-12-21(26)20-14-22(27-16-18-8-3-1-4-9-18)23(15-25-20)28-17-19-10-5-2-6-11-19/h1-6,8-11,14-15H,7,12-13,16-17,24H2. The fraction of sp³-hybridized carbons (Fsp3) is 0.217. The average Bonchev–Trinajstić information content (AvgIpc) is 2.76. The van der Waals surface area contributed by atoms with Crippen LogP contribution < -0.4 is 15.2 Å². The van der Waals surface area contributed by atoms with E-state index in [0.717, 1.165) is 11.1 Å². The molecule has 0 aliphatic carbocycles. The van der Waals surface area contributed by atoms with Gasteiger partial charge in [0, 0.05) is 12.5 Å². The summed E-state index contributed by atoms with van der Waals surface area (Å²) in [5.41, 5.74) is 7.94. The third-order valence-electron chi connectivity index (χ3n) is 4.20. The van der Waals surface area contributed by atoms with Crippen LogP contribution in [0.1, 0.15) is 34.5 Å². The Kier molecular flexibility index (Phi) is 7.15. The van der Waals surface area contributed by atoms with Crippen molar-refractivity contribution >= 4 is 5.78 Å². The summed E-state index contributed by atoms with van der Waals surface area (Å²) in [6, 6.07) is 21.4. The lowest BCUT2D eigenvalue weighted by Crippen LogP contribution is -2.08. The molecule has 5 heteroatoms. The van der Waals surface area contributed by atoms with E-state index in [2.05, 4.69) is 4.98 Å². The van der Waals surface area contributed by atoms with E-state index in [1.807, 2.05) is 60.7 Å². The predicted octanol–water partition coefficient (Wildman–Crippen LogP) is 4.16. The summed E-state index contributed by atoms with van der Waals surface area (Å²) in [4.78, 5) is 16.6. The van der Waals surface area contributed by atoms with E-state index in [4.69, 9.17) is 15.2 Å². The third kappa shape index (κ3) is 5.66. The number of nitrogens with two attached hydrogens (primary N) is 1. The normalized spacial score (nSPS) is 10.5. The Morgan fingerprint density at radius 3 is 2.00 bits per heavy atom. The quantitative estimate of drug-likeness (QED) is 0.538. The molecular formula is C23H24N2O3. The summed E-state index contributed by atoms with van der Waals surface area (Å²) in [5, 5.41) is 0. The number of hydrogen-bond donors (Lipinski definition) is 1. The van der Waals surface area contributed by atoms with Gasteiger partial charge in [-0.1, -0.05) is 60.7 Å². The summed E-state index contributed by atoms with van der Waals surface area (Å²) in [7, 11) is 0. The van der Waals surface area contributed by atoms with Crippen LogP contribution in [0.15, 0.2) is 72.9 Å². The highest BCUT2D eigenvalue weighted by atomic mass is 16.5. The molecule has 0 radical (unpaired) electrons. The number of ketones is 1. The van der Waals surface area contributed by atoms with Crippen LogP contribution in [-0.2, 0) is 13.2 Å². The minimum absolute atomic E-state index is 0.0513. The molecule has 0 atom stereocenters. The molecule has 0 spiro atoms. The zero-order valence-corrected chi connectivity index (χ0v) is 15.7. The van der Waals surface area contributed by atoms with Gasteiger partial charge >= 0.3 is 0 Å². The van der Waals surface area contributed by atoms with E-state index in [9.17, 15) is 4.79 Å². The van der Waals surface area contributed by atoms with E-state index in [0.29, 0.717) is 49.8 Å². The van der Waals surface area contributed by atoms with Crippen molar-refractivity contribution in [3.05, 3.63) is 89.7 Å². The Labute approximate surface area is 165 Å². The molecule has 2 aromatic carbocycles. The van der Waals surface area contributed by atoms with Gasteiger partial charge in [-0.2, -0.15) is 0 Å². The van der Waals surface area contributed by atoms with Gasteiger partial charge in [0.1, 0.15) is 18.9 Å². The van der Waals surface area contributed by atoms with E-state index in [-0.39, 0.29) is 5.78 Å². The van der Waals surface area contributed by atoms with Crippen molar-refractivity contribution in [2.75, 3.05) is 6.54 Å². The Morgan fingerprint density at radius 2 is 1.43 bits per heavy atom. The molecule has 144 valence electrons. The number of pyridine rings is 1. The number of rotatable bonds is 10. The summed E-state index contributed by atoms with van der Waals surface area (Å²) in [6.45, 7) is 1.25. The summed E-state index contributed by atoms with van der Waals surface area (Å²) in [6.07, 6.45) is 2.55. The number of benzene rings is 2. The van der Waals surface area contributed by atoms with E-state index in [1.54, 1.807) is 12.3 Å². The van der Waals surface area contributed by atoms with E-state index in [1.165, 1.54) is 0 Å². The second-order valence-electron chi connectivity index (χ2n) is 6.38. The van der Waals surface area contributed by atoms with Gasteiger partial charge in [0.25, 0.3) is 0 Å². The molecule has 1 heterocycles. The van der Waals surface area contributed by atoms with Crippen molar-refractivity contribution in [2.24, 2.45) is 5.73 Å². The largest absolute Gasteiger partial charge is 0.485 e. The first kappa shape index (κ1) is 19.6. The molecule has 0 aliphatic heterocycles. The maximum absolute atomic E-state index is 12.3. The first-order valence-electron chi connectivity index (χ1n) is 9.33. The third-order valence-corrected chi connectivity index (χ3v) is 4.20. The molecule has 0 saturated heterocycles. The first-order chi connectivity index (χ1) is 13.8. The van der Waals surface area contributed by atoms with Gasteiger partial charge in [-0.25, -0.2) is 4.98 Å². The molecule has 0 unspecified atom stereocenters. The van der Waals surface area contributed by atoms with Gasteiger partial charge in [0.15, 0.2) is 17.3 Å². The molecule has 0 fully saturated rings. The zero-order chi connectivity index (χ0) is 19.6. The molecule has 0 bridgehead atoms. The summed E-state index contributed by atoms with van der Waals surface area (Å²) >= 11 is 0. The molecular weight excluding hydrogens is 352 g/mol. The number of carbonyl (C=O) groups is 1. The van der Waals surface area contributed by atoms with Crippen LogP contribution in [0.2, 0.25) is 0 Å². The highest BCUT2D eigenvalue weighted by Crippen LogP contribution is 2.29. The number of nitrogens with zero attached hydrogens (tertiary/aromatic N) is 1. The van der Waals surface area contributed by atoms with Crippen LogP contribution in [0.3, 0.4) is 0 Å². The molecule has 3 rings (SSSR count). The van der Waals surface area contributed by atoms with Gasteiger partial charge in [-0.05, 0) is 24.1 Å². The maximum Gasteiger partial charge on any atom is 0.181 e. The number of aromatic nitrogens is 1. The molecule has 0 saturated carbocycles. The van der Waals surface area contributed by atoms with Crippen LogP contribution in [0.5, 0.6) is 11.5 Å². The fourth-order valence-corrected chi connectivity index (χ4v) is 2.66. The smallest absolute Gasteiger partial charge is 0.181 e. The van der Waals surface area contributed by atoms with Crippen LogP contribution in [0, 0.1) is 0 Å². The van der Waals surface area contributed by atoms with Crippen LogP contribution in [-0.4, -0.2) is 17.3 Å². The molecule has 0 aliphatic rings. The Bertz CT molecular complexity index is 883. The molecule has 28 heavy (non-hydrogen) atoms. The molecule has 0 amide bonds. The molecule has 1 aromatic heterocycles. The van der Waals surface area contributed by atoms with E-state index < -0.39 is 0 Å². The molecule has 2 N–H and O–H groups in total. The number of Topliss-reactive ketones (excluding diaryl/α,β-unsaturated/α-hetero) is 1. The van der Waals surface area contributed by atoms with Gasteiger partial charge < -0.3 is 15.2 Å². The fourth-order valence-electron chi connectivity index (χ4n) is 2.66. The highest BCUT2D eigenvalue weighted by Gasteiger charge is 2.14. The minimum Gasteiger partial charge on any atom is -0.485 e. The first-order valence-corrected chi connectivity index (χ1v) is 9.33. The Hall–Kier alpha value is -3.18. The van der Waals surface area contributed by atoms with E-state index >= 15 is 0 Å². The van der Waals surface area contributed by atoms with Crippen LogP contribution in [0.4, 0.5) is 0 Å². The number of ether oxygens (including phenoxy) is 2. The van der Waals surface area contributed by atoms with Gasteiger partial charge in [-0.3, -0.25) is 4.79 Å². The SMILES string of the molecule is NCCCC(=O)c1cc(OCc2ccccc2)c(OCc2ccccc2)cn1. The number of hydrogen-bond acceptors (Lipinski definition) is 5. The summed E-state index contributed by atoms with van der Waals surface area (Å²) in [5.74, 6) is 0.964. The van der Waals surface area contributed by atoms with Crippen LogP contribution in [0.25, 0.3) is 0 Å². The topological polar surface area (TPSA) is 74.4 Å². The zero-order valence-electron chi connectivity index (χ0n) is 15.7. The lowest BCUT2D eigenvalue weighted by atomic mass is 10.1. The minimum atomic E-state index is -0.0513. The monoisotopic (exact) mass is 376 g/mol. The van der Waals surface area contributed by atoms with Crippen molar-refractivity contribution in [2.45, 2.75) is 26.1 Å². The Balaban J connectivity index is 1.77. The Morgan fingerprint density at radius 1 is 0.857 bits per heavy atom. The predicted molar refractivity (Wildman–Crippen MR) is 108 cm³/mol. The average molecular weight is 376 g/mol. The van der Waals surface area contributed by atoms with Gasteiger partial charge in [0.2, 0.25) is 0 Å². The van der Waals surface area contributed by atoms with Gasteiger partial charge in [-0.15, -0.1) is 0 Å². The highest BCUT2D eigenvalue weighted by molar-refractivity contribution is 5.94. The molecule has 3 aromatic rings. The number of carbonyl (C=O) groups excluding carboxylic acids is 1. The maximum atomic E-state index is 12.3. The van der Waals surface area contributed by atoms with Crippen molar-refractivity contribution in [1.82, 2.24) is 4.98 Å². The van der Waals surface area contributed by atoms with Crippen molar-refractivity contribution in [3.63, 3.8) is 0 Å².